The van der Waals surface area contributed by atoms with Crippen LogP contribution in [0.25, 0.3) is 0 Å². The maximum Gasteiger partial charge on any atom is 0.374 e. The minimum Gasteiger partial charge on any atom is -0.465 e. The van der Waals surface area contributed by atoms with Gasteiger partial charge in [-0.1, -0.05) is 30.3 Å². The van der Waals surface area contributed by atoms with E-state index >= 15 is 0 Å². The molecule has 92 valence electrons. The monoisotopic (exact) mass is 235 g/mol. The first-order valence-corrected chi connectivity index (χ1v) is 5.78. The number of ether oxygens (including phenoxy) is 1. The third-order valence-electron chi connectivity index (χ3n) is 2.30. The highest BCUT2D eigenvalue weighted by Gasteiger charge is 2.22. The van der Waals surface area contributed by atoms with E-state index in [-0.39, 0.29) is 5.97 Å². The number of rotatable bonds is 6. The molecule has 5 heteroatoms. The minimum absolute atomic E-state index is 0.336. The largest absolute Gasteiger partial charge is 0.465 e. The van der Waals surface area contributed by atoms with Gasteiger partial charge in [0.1, 0.15) is 6.04 Å². The summed E-state index contributed by atoms with van der Waals surface area (Å²) < 4.78 is 4.96. The summed E-state index contributed by atoms with van der Waals surface area (Å²) in [5.41, 5.74) is 1.03. The van der Waals surface area contributed by atoms with Crippen LogP contribution in [0.1, 0.15) is 12.5 Å². The van der Waals surface area contributed by atoms with Crippen molar-refractivity contribution in [3.8, 4) is 0 Å². The summed E-state index contributed by atoms with van der Waals surface area (Å²) in [4.78, 5) is 11.7. The first-order valence-electron chi connectivity index (χ1n) is 5.78. The second-order valence-electron chi connectivity index (χ2n) is 3.84. The Labute approximate surface area is 102 Å². The Hall–Kier alpha value is -1.33. The summed E-state index contributed by atoms with van der Waals surface area (Å²) in [6.07, 6.45) is 0.505. The SMILES string of the molecule is CCOC(=O)C(Cc1ccccc1)NB(C)O. The highest BCUT2D eigenvalue weighted by Crippen LogP contribution is 2.05. The summed E-state index contributed by atoms with van der Waals surface area (Å²) in [7, 11) is -0.742. The van der Waals surface area contributed by atoms with E-state index in [4.69, 9.17) is 4.74 Å². The van der Waals surface area contributed by atoms with Crippen LogP contribution in [-0.4, -0.2) is 30.7 Å². The second-order valence-corrected chi connectivity index (χ2v) is 3.84. The van der Waals surface area contributed by atoms with Crippen molar-refractivity contribution in [1.82, 2.24) is 5.23 Å². The molecule has 0 aliphatic carbocycles. The Morgan fingerprint density at radius 3 is 2.65 bits per heavy atom. The predicted octanol–water partition coefficient (Wildman–Crippen LogP) is 0.861. The van der Waals surface area contributed by atoms with E-state index in [0.717, 1.165) is 5.56 Å². The minimum atomic E-state index is -0.742. The van der Waals surface area contributed by atoms with Crippen molar-refractivity contribution in [3.63, 3.8) is 0 Å². The molecular formula is C12H18BNO3. The van der Waals surface area contributed by atoms with Gasteiger partial charge in [-0.15, -0.1) is 0 Å². The Kier molecular flexibility index (Phi) is 5.73. The normalized spacial score (nSPS) is 11.9. The fourth-order valence-electron chi connectivity index (χ4n) is 1.59. The van der Waals surface area contributed by atoms with E-state index in [1.165, 1.54) is 0 Å². The first-order chi connectivity index (χ1) is 8.13. The van der Waals surface area contributed by atoms with Crippen LogP contribution >= 0.6 is 0 Å². The zero-order chi connectivity index (χ0) is 12.7. The van der Waals surface area contributed by atoms with E-state index in [1.807, 2.05) is 30.3 Å². The molecule has 0 saturated heterocycles. The van der Waals surface area contributed by atoms with Crippen LogP contribution in [0.3, 0.4) is 0 Å². The van der Waals surface area contributed by atoms with E-state index in [2.05, 4.69) is 5.23 Å². The third kappa shape index (κ3) is 5.02. The molecule has 1 aromatic carbocycles. The van der Waals surface area contributed by atoms with Crippen molar-refractivity contribution in [2.45, 2.75) is 26.2 Å². The highest BCUT2D eigenvalue weighted by atomic mass is 16.5. The van der Waals surface area contributed by atoms with Crippen molar-refractivity contribution >= 4 is 13.0 Å². The van der Waals surface area contributed by atoms with Gasteiger partial charge in [0.15, 0.2) is 0 Å². The third-order valence-corrected chi connectivity index (χ3v) is 2.30. The van der Waals surface area contributed by atoms with E-state index in [9.17, 15) is 9.82 Å². The van der Waals surface area contributed by atoms with Gasteiger partial charge in [-0.25, -0.2) is 0 Å². The lowest BCUT2D eigenvalue weighted by Gasteiger charge is -2.17. The number of hydrogen-bond acceptors (Lipinski definition) is 4. The molecule has 0 aliphatic rings. The van der Waals surface area contributed by atoms with Gasteiger partial charge in [-0.2, -0.15) is 0 Å². The zero-order valence-corrected chi connectivity index (χ0v) is 10.2. The Balaban J connectivity index is 2.66. The molecule has 1 rings (SSSR count). The highest BCUT2D eigenvalue weighted by molar-refractivity contribution is 6.46. The average Bonchev–Trinajstić information content (AvgIpc) is 2.29. The molecule has 1 aromatic rings. The molecule has 0 aromatic heterocycles. The Morgan fingerprint density at radius 1 is 1.47 bits per heavy atom. The molecule has 0 amide bonds. The number of esters is 1. The van der Waals surface area contributed by atoms with Crippen LogP contribution < -0.4 is 5.23 Å². The molecule has 0 saturated carbocycles. The first kappa shape index (κ1) is 13.7. The fourth-order valence-corrected chi connectivity index (χ4v) is 1.59. The molecule has 0 radical (unpaired) electrons. The molecule has 1 unspecified atom stereocenters. The smallest absolute Gasteiger partial charge is 0.374 e. The predicted molar refractivity (Wildman–Crippen MR) is 67.5 cm³/mol. The summed E-state index contributed by atoms with van der Waals surface area (Å²) in [5.74, 6) is -0.336. The summed E-state index contributed by atoms with van der Waals surface area (Å²) >= 11 is 0. The van der Waals surface area contributed by atoms with Gasteiger partial charge in [-0.3, -0.25) is 4.79 Å². The van der Waals surface area contributed by atoms with Gasteiger partial charge >= 0.3 is 13.0 Å². The maximum absolute atomic E-state index is 11.7. The van der Waals surface area contributed by atoms with Crippen LogP contribution in [0.5, 0.6) is 0 Å². The van der Waals surface area contributed by atoms with Gasteiger partial charge in [0.05, 0.1) is 6.61 Å². The molecule has 0 aliphatic heterocycles. The lowest BCUT2D eigenvalue weighted by atomic mass is 9.86. The van der Waals surface area contributed by atoms with Gasteiger partial charge in [0.25, 0.3) is 0 Å². The summed E-state index contributed by atoms with van der Waals surface area (Å²) in [5, 5.41) is 12.1. The molecule has 0 bridgehead atoms. The van der Waals surface area contributed by atoms with Crippen molar-refractivity contribution in [2.24, 2.45) is 0 Å². The number of benzene rings is 1. The lowest BCUT2D eigenvalue weighted by Crippen LogP contribution is -2.46. The van der Waals surface area contributed by atoms with Gasteiger partial charge in [0.2, 0.25) is 0 Å². The second kappa shape index (κ2) is 7.09. The molecule has 2 N–H and O–H groups in total. The van der Waals surface area contributed by atoms with Crippen LogP contribution in [0.15, 0.2) is 30.3 Å². The molecule has 17 heavy (non-hydrogen) atoms. The van der Waals surface area contributed by atoms with Gasteiger partial charge in [-0.05, 0) is 25.7 Å². The zero-order valence-electron chi connectivity index (χ0n) is 10.2. The summed E-state index contributed by atoms with van der Waals surface area (Å²) in [6, 6.07) is 9.12. The number of hydrogen-bond donors (Lipinski definition) is 2. The number of carbonyl (C=O) groups excluding carboxylic acids is 1. The molecule has 0 spiro atoms. The maximum atomic E-state index is 11.7. The van der Waals surface area contributed by atoms with Crippen LogP contribution in [0.2, 0.25) is 6.82 Å². The van der Waals surface area contributed by atoms with Crippen molar-refractivity contribution < 1.29 is 14.6 Å². The van der Waals surface area contributed by atoms with E-state index < -0.39 is 13.1 Å². The van der Waals surface area contributed by atoms with Crippen molar-refractivity contribution in [3.05, 3.63) is 35.9 Å². The van der Waals surface area contributed by atoms with Crippen LogP contribution in [0, 0.1) is 0 Å². The summed E-state index contributed by atoms with van der Waals surface area (Å²) in [6.45, 7) is 3.68. The van der Waals surface area contributed by atoms with E-state index in [1.54, 1.807) is 13.7 Å². The fraction of sp³-hybridized carbons (Fsp3) is 0.417. The van der Waals surface area contributed by atoms with Crippen LogP contribution in [-0.2, 0) is 16.0 Å². The Morgan fingerprint density at radius 2 is 2.12 bits per heavy atom. The number of nitrogens with one attached hydrogen (secondary N) is 1. The topological polar surface area (TPSA) is 58.6 Å². The van der Waals surface area contributed by atoms with Crippen molar-refractivity contribution in [2.75, 3.05) is 6.61 Å². The number of carbonyl (C=O) groups is 1. The van der Waals surface area contributed by atoms with Crippen molar-refractivity contribution in [1.29, 1.82) is 0 Å². The Bertz CT molecular complexity index is 343. The quantitative estimate of drug-likeness (QED) is 0.567. The average molecular weight is 235 g/mol. The molecule has 4 nitrogen and oxygen atoms in total. The molecular weight excluding hydrogens is 217 g/mol. The standard InChI is InChI=1S/C12H18BNO3/c1-3-17-12(15)11(14-13(2)16)9-10-7-5-4-6-8-10/h4-8,11,14,16H,3,9H2,1-2H3. The van der Waals surface area contributed by atoms with Crippen LogP contribution in [0.4, 0.5) is 0 Å². The molecule has 0 fully saturated rings. The van der Waals surface area contributed by atoms with Gasteiger partial charge < -0.3 is 15.0 Å². The lowest BCUT2D eigenvalue weighted by molar-refractivity contribution is -0.145. The van der Waals surface area contributed by atoms with Gasteiger partial charge in [0, 0.05) is 0 Å². The van der Waals surface area contributed by atoms with E-state index in [0.29, 0.717) is 13.0 Å². The molecule has 0 heterocycles. The molecule has 1 atom stereocenters.